The lowest BCUT2D eigenvalue weighted by Gasteiger charge is -2.40. The molecule has 8 heteroatoms. The zero-order valence-corrected chi connectivity index (χ0v) is 24.9. The monoisotopic (exact) mass is 570 g/mol. The Balaban J connectivity index is 2.13. The molecule has 224 valence electrons. The number of unbranched alkanes of at least 4 members (excludes halogenated alkanes) is 3. The number of aromatic nitrogens is 2. The van der Waals surface area contributed by atoms with Crippen LogP contribution >= 0.6 is 0 Å². The number of alkyl halides is 1. The topological polar surface area (TPSA) is 64.2 Å². The van der Waals surface area contributed by atoms with Gasteiger partial charge in [-0.25, -0.2) is 18.2 Å². The second-order valence-electron chi connectivity index (χ2n) is 11.9. The number of hydrogen-bond acceptors (Lipinski definition) is 3. The van der Waals surface area contributed by atoms with E-state index in [-0.39, 0.29) is 37.3 Å². The van der Waals surface area contributed by atoms with E-state index in [1.165, 1.54) is 6.08 Å². The molecule has 0 fully saturated rings. The fourth-order valence-electron chi connectivity index (χ4n) is 5.10. The minimum Gasteiger partial charge on any atom is -0.328 e. The predicted molar refractivity (Wildman–Crippen MR) is 160 cm³/mol. The van der Waals surface area contributed by atoms with Gasteiger partial charge in [0.25, 0.3) is 0 Å². The molecule has 1 heterocycles. The van der Waals surface area contributed by atoms with Crippen LogP contribution in [0.1, 0.15) is 95.8 Å². The van der Waals surface area contributed by atoms with Crippen molar-refractivity contribution in [2.24, 2.45) is 11.1 Å². The summed E-state index contributed by atoms with van der Waals surface area (Å²) in [7, 11) is 0. The molecular formula is C33H45F3N4O. The molecule has 0 saturated heterocycles. The number of carbonyl (C=O) groups excluding carboxylic acids is 1. The van der Waals surface area contributed by atoms with Crippen LogP contribution in [0.15, 0.2) is 66.4 Å². The molecule has 2 atom stereocenters. The number of rotatable bonds is 14. The number of nitrogens with zero attached hydrogens (tertiary/aromatic N) is 3. The number of amides is 1. The molecule has 1 aromatic heterocycles. The summed E-state index contributed by atoms with van der Waals surface area (Å²) in [5.41, 5.74) is 6.88. The summed E-state index contributed by atoms with van der Waals surface area (Å²) in [6.07, 6.45) is 10.7. The van der Waals surface area contributed by atoms with Gasteiger partial charge in [0, 0.05) is 43.7 Å². The van der Waals surface area contributed by atoms with E-state index in [9.17, 15) is 18.0 Å². The van der Waals surface area contributed by atoms with Gasteiger partial charge < -0.3 is 15.2 Å². The molecule has 0 bridgehead atoms. The van der Waals surface area contributed by atoms with Crippen molar-refractivity contribution in [1.29, 1.82) is 0 Å². The number of imidazole rings is 1. The highest BCUT2D eigenvalue weighted by Crippen LogP contribution is 2.40. The van der Waals surface area contributed by atoms with Crippen molar-refractivity contribution in [3.63, 3.8) is 0 Å². The Morgan fingerprint density at radius 3 is 2.56 bits per heavy atom. The lowest BCUT2D eigenvalue weighted by molar-refractivity contribution is -0.131. The minimum atomic E-state index is -0.700. The van der Waals surface area contributed by atoms with E-state index in [0.717, 1.165) is 31.2 Å². The summed E-state index contributed by atoms with van der Waals surface area (Å²) in [4.78, 5) is 20.3. The van der Waals surface area contributed by atoms with Crippen LogP contribution in [-0.2, 0) is 11.3 Å². The lowest BCUT2D eigenvalue weighted by Crippen LogP contribution is -2.44. The molecule has 0 spiro atoms. The molecule has 3 rings (SSSR count). The second kappa shape index (κ2) is 15.2. The second-order valence-corrected chi connectivity index (χ2v) is 11.9. The van der Waals surface area contributed by atoms with E-state index in [1.807, 2.05) is 61.7 Å². The van der Waals surface area contributed by atoms with E-state index in [0.29, 0.717) is 18.1 Å². The molecule has 0 saturated carbocycles. The molecule has 5 nitrogen and oxygen atoms in total. The quantitative estimate of drug-likeness (QED) is 0.185. The van der Waals surface area contributed by atoms with Gasteiger partial charge in [-0.05, 0) is 42.4 Å². The molecule has 1 amide bonds. The Labute approximate surface area is 243 Å². The van der Waals surface area contributed by atoms with Gasteiger partial charge >= 0.3 is 0 Å². The highest BCUT2D eigenvalue weighted by atomic mass is 19.1. The van der Waals surface area contributed by atoms with E-state index >= 15 is 0 Å². The van der Waals surface area contributed by atoms with Crippen molar-refractivity contribution >= 4 is 11.5 Å². The van der Waals surface area contributed by atoms with Crippen molar-refractivity contribution < 1.29 is 18.0 Å². The van der Waals surface area contributed by atoms with Gasteiger partial charge in [-0.1, -0.05) is 76.9 Å². The zero-order chi connectivity index (χ0) is 30.0. The third-order valence-corrected chi connectivity index (χ3v) is 7.29. The third kappa shape index (κ3) is 9.18. The first-order valence-electron chi connectivity index (χ1n) is 14.7. The van der Waals surface area contributed by atoms with Crippen LogP contribution in [-0.4, -0.2) is 39.6 Å². The molecule has 0 unspecified atom stereocenters. The van der Waals surface area contributed by atoms with Crippen molar-refractivity contribution in [1.82, 2.24) is 14.5 Å². The highest BCUT2D eigenvalue weighted by molar-refractivity contribution is 5.88. The Bertz CT molecular complexity index is 1230. The van der Waals surface area contributed by atoms with Crippen LogP contribution < -0.4 is 5.73 Å². The first-order valence-corrected chi connectivity index (χ1v) is 14.7. The minimum absolute atomic E-state index is 0.0181. The van der Waals surface area contributed by atoms with E-state index in [1.54, 1.807) is 17.2 Å². The van der Waals surface area contributed by atoms with Crippen LogP contribution in [0.25, 0.3) is 5.57 Å². The molecular weight excluding hydrogens is 525 g/mol. The summed E-state index contributed by atoms with van der Waals surface area (Å²) < 4.78 is 44.5. The lowest BCUT2D eigenvalue weighted by atomic mass is 9.84. The highest BCUT2D eigenvalue weighted by Gasteiger charge is 2.38. The largest absolute Gasteiger partial charge is 0.328 e. The standard InChI is InChI=1S/C33H45F3N4O/c1-5-6-7-8-12-15-30(41)40(19-18-26(37)21-34)31(33(2,3)4)32-38-29(27-20-25(35)16-17-28(27)36)23-39(32)22-24-13-10-9-11-14-24/h9-15,20,23,26,31H,5-8,16-19,21-22,37H2,1-4H3/b15-12-/t26-,31+/m1/s1. The van der Waals surface area contributed by atoms with Gasteiger partial charge in [0.15, 0.2) is 0 Å². The van der Waals surface area contributed by atoms with Crippen molar-refractivity contribution in [3.05, 3.63) is 83.5 Å². The number of carbonyl (C=O) groups is 1. The van der Waals surface area contributed by atoms with Crippen LogP contribution in [0.2, 0.25) is 0 Å². The molecule has 1 aliphatic rings. The fourth-order valence-corrected chi connectivity index (χ4v) is 5.10. The molecule has 2 N–H and O–H groups in total. The Morgan fingerprint density at radius 1 is 1.17 bits per heavy atom. The number of halogens is 3. The molecule has 0 aliphatic heterocycles. The molecule has 0 radical (unpaired) electrons. The van der Waals surface area contributed by atoms with E-state index < -0.39 is 35.8 Å². The number of allylic oxidation sites excluding steroid dienone is 5. The Morgan fingerprint density at radius 2 is 1.90 bits per heavy atom. The molecule has 1 aromatic carbocycles. The predicted octanol–water partition coefficient (Wildman–Crippen LogP) is 8.00. The van der Waals surface area contributed by atoms with Gasteiger partial charge in [-0.15, -0.1) is 0 Å². The maximum atomic E-state index is 15.0. The molecule has 1 aliphatic carbocycles. The summed E-state index contributed by atoms with van der Waals surface area (Å²) in [6.45, 7) is 8.13. The summed E-state index contributed by atoms with van der Waals surface area (Å²) in [5.74, 6) is -0.459. The van der Waals surface area contributed by atoms with E-state index in [4.69, 9.17) is 10.7 Å². The van der Waals surface area contributed by atoms with Crippen molar-refractivity contribution in [3.8, 4) is 0 Å². The summed E-state index contributed by atoms with van der Waals surface area (Å²) >= 11 is 0. The van der Waals surface area contributed by atoms with Crippen LogP contribution in [0, 0.1) is 5.41 Å². The number of benzene rings is 1. The van der Waals surface area contributed by atoms with Gasteiger partial charge in [-0.2, -0.15) is 0 Å². The average Bonchev–Trinajstić information content (AvgIpc) is 3.33. The van der Waals surface area contributed by atoms with Crippen LogP contribution in [0.4, 0.5) is 13.2 Å². The Hall–Kier alpha value is -3.13. The van der Waals surface area contributed by atoms with Gasteiger partial charge in [0.1, 0.15) is 24.2 Å². The maximum Gasteiger partial charge on any atom is 0.246 e. The van der Waals surface area contributed by atoms with Crippen molar-refractivity contribution in [2.75, 3.05) is 13.2 Å². The normalized spacial score (nSPS) is 15.8. The molecule has 41 heavy (non-hydrogen) atoms. The summed E-state index contributed by atoms with van der Waals surface area (Å²) in [6, 6.07) is 8.52. The smallest absolute Gasteiger partial charge is 0.246 e. The number of nitrogens with two attached hydrogens (primary N) is 1. The van der Waals surface area contributed by atoms with Gasteiger partial charge in [-0.3, -0.25) is 4.79 Å². The van der Waals surface area contributed by atoms with E-state index in [2.05, 4.69) is 6.92 Å². The van der Waals surface area contributed by atoms with Crippen LogP contribution in [0.3, 0.4) is 0 Å². The molecule has 2 aromatic rings. The Kier molecular flexibility index (Phi) is 12.0. The van der Waals surface area contributed by atoms with Gasteiger partial charge in [0.2, 0.25) is 5.91 Å². The zero-order valence-electron chi connectivity index (χ0n) is 24.9. The number of hydrogen-bond donors (Lipinski definition) is 1. The first-order chi connectivity index (χ1) is 19.5. The average molecular weight is 571 g/mol. The maximum absolute atomic E-state index is 15.0. The SMILES string of the molecule is CCCCC/C=C\C(=O)N(CC[C@@H](N)CF)[C@@H](c1nc(C2=C(F)CCC(F)=C2)cn1Cc1ccccc1)C(C)(C)C. The third-order valence-electron chi connectivity index (χ3n) is 7.29. The first kappa shape index (κ1) is 32.4. The fraction of sp³-hybridized carbons (Fsp3) is 0.515. The summed E-state index contributed by atoms with van der Waals surface area (Å²) in [5, 5.41) is 0. The van der Waals surface area contributed by atoms with Crippen LogP contribution in [0.5, 0.6) is 0 Å². The van der Waals surface area contributed by atoms with Crippen molar-refractivity contribution in [2.45, 2.75) is 91.3 Å². The van der Waals surface area contributed by atoms with Gasteiger partial charge in [0.05, 0.1) is 11.7 Å².